The Morgan fingerprint density at radius 2 is 2.10 bits per heavy atom. The van der Waals surface area contributed by atoms with Crippen LogP contribution >= 0.6 is 0 Å². The van der Waals surface area contributed by atoms with Crippen LogP contribution < -0.4 is 17.0 Å². The van der Waals surface area contributed by atoms with Crippen LogP contribution in [0.3, 0.4) is 0 Å². The van der Waals surface area contributed by atoms with Gasteiger partial charge in [0.25, 0.3) is 5.82 Å². The number of aromatic amines is 1. The van der Waals surface area contributed by atoms with Crippen molar-refractivity contribution in [2.45, 2.75) is 27.3 Å². The van der Waals surface area contributed by atoms with Gasteiger partial charge in [-0.2, -0.15) is 0 Å². The van der Waals surface area contributed by atoms with Crippen molar-refractivity contribution in [3.8, 4) is 0 Å². The topological polar surface area (TPSA) is 19.7 Å². The number of H-pyrrole nitrogens is 1. The van der Waals surface area contributed by atoms with Crippen molar-refractivity contribution in [3.05, 3.63) is 17.7 Å². The quantitative estimate of drug-likeness (QED) is 0.456. The van der Waals surface area contributed by atoms with Crippen molar-refractivity contribution in [1.82, 2.24) is 4.98 Å². The Kier molecular flexibility index (Phi) is 3.43. The molecule has 0 atom stereocenters. The Labute approximate surface area is 67.7 Å². The third-order valence-corrected chi connectivity index (χ3v) is 1.64. The number of rotatable bonds is 1. The molecule has 1 rings (SSSR count). The van der Waals surface area contributed by atoms with Gasteiger partial charge in [-0.05, 0) is 6.92 Å². The van der Waals surface area contributed by atoms with E-state index in [1.165, 1.54) is 11.5 Å². The highest BCUT2D eigenvalue weighted by molar-refractivity contribution is 4.85. The van der Waals surface area contributed by atoms with Crippen LogP contribution in [0, 0.1) is 13.8 Å². The molecule has 1 N–H and O–H groups in total. The highest BCUT2D eigenvalue weighted by atomic mass is 35.5. The van der Waals surface area contributed by atoms with Crippen LogP contribution in [0.15, 0.2) is 6.20 Å². The molecule has 0 unspecified atom stereocenters. The summed E-state index contributed by atoms with van der Waals surface area (Å²) in [5.74, 6) is 1.23. The molecule has 3 heteroatoms. The number of halogens is 1. The molecular weight excluding hydrogens is 148 g/mol. The SMILES string of the molecule is CC[n+]1c(C)c[nH]c1C.[Cl-]. The lowest BCUT2D eigenvalue weighted by atomic mass is 10.5. The zero-order valence-corrected chi connectivity index (χ0v) is 7.37. The van der Waals surface area contributed by atoms with E-state index in [0.717, 1.165) is 6.54 Å². The van der Waals surface area contributed by atoms with Gasteiger partial charge in [-0.25, -0.2) is 9.55 Å². The number of aryl methyl sites for hydroxylation is 2. The molecule has 0 aliphatic carbocycles. The largest absolute Gasteiger partial charge is 1.00 e. The smallest absolute Gasteiger partial charge is 0.251 e. The molecule has 0 bridgehead atoms. The van der Waals surface area contributed by atoms with Crippen molar-refractivity contribution < 1.29 is 17.0 Å². The van der Waals surface area contributed by atoms with Crippen LogP contribution in [0.25, 0.3) is 0 Å². The van der Waals surface area contributed by atoms with E-state index < -0.39 is 0 Å². The van der Waals surface area contributed by atoms with Crippen LogP contribution in [-0.2, 0) is 6.54 Å². The second kappa shape index (κ2) is 3.62. The van der Waals surface area contributed by atoms with Crippen molar-refractivity contribution in [1.29, 1.82) is 0 Å². The molecule has 10 heavy (non-hydrogen) atoms. The van der Waals surface area contributed by atoms with Gasteiger partial charge >= 0.3 is 0 Å². The molecule has 0 fully saturated rings. The predicted octanol–water partition coefficient (Wildman–Crippen LogP) is -2.06. The first-order chi connectivity index (χ1) is 4.25. The molecule has 0 radical (unpaired) electrons. The van der Waals surface area contributed by atoms with Crippen LogP contribution in [0.1, 0.15) is 18.4 Å². The van der Waals surface area contributed by atoms with Gasteiger partial charge in [0.2, 0.25) is 0 Å². The van der Waals surface area contributed by atoms with Crippen LogP contribution in [0.4, 0.5) is 0 Å². The third-order valence-electron chi connectivity index (χ3n) is 1.64. The van der Waals surface area contributed by atoms with Gasteiger partial charge in [-0.15, -0.1) is 0 Å². The van der Waals surface area contributed by atoms with Crippen molar-refractivity contribution in [2.24, 2.45) is 0 Å². The maximum atomic E-state index is 3.15. The first-order valence-electron chi connectivity index (χ1n) is 3.30. The molecular formula is C7H13ClN2. The Morgan fingerprint density at radius 3 is 2.30 bits per heavy atom. The van der Waals surface area contributed by atoms with E-state index in [4.69, 9.17) is 0 Å². The summed E-state index contributed by atoms with van der Waals surface area (Å²) >= 11 is 0. The first kappa shape index (κ1) is 9.50. The van der Waals surface area contributed by atoms with E-state index in [1.54, 1.807) is 0 Å². The van der Waals surface area contributed by atoms with E-state index in [-0.39, 0.29) is 12.4 Å². The Morgan fingerprint density at radius 1 is 1.50 bits per heavy atom. The molecule has 2 nitrogen and oxygen atoms in total. The lowest BCUT2D eigenvalue weighted by Gasteiger charge is -1.91. The van der Waals surface area contributed by atoms with Crippen LogP contribution in [0.2, 0.25) is 0 Å². The fourth-order valence-corrected chi connectivity index (χ4v) is 1.12. The first-order valence-corrected chi connectivity index (χ1v) is 3.30. The maximum absolute atomic E-state index is 3.15. The summed E-state index contributed by atoms with van der Waals surface area (Å²) in [6.45, 7) is 7.39. The highest BCUT2D eigenvalue weighted by Gasteiger charge is 2.05. The highest BCUT2D eigenvalue weighted by Crippen LogP contribution is 1.88. The second-order valence-electron chi connectivity index (χ2n) is 2.26. The Hall–Kier alpha value is -0.500. The van der Waals surface area contributed by atoms with Gasteiger partial charge in [0.15, 0.2) is 0 Å². The van der Waals surface area contributed by atoms with Gasteiger partial charge in [-0.1, -0.05) is 0 Å². The predicted molar refractivity (Wildman–Crippen MR) is 36.1 cm³/mol. The van der Waals surface area contributed by atoms with Gasteiger partial charge in [-0.3, -0.25) is 0 Å². The van der Waals surface area contributed by atoms with Crippen molar-refractivity contribution >= 4 is 0 Å². The molecule has 0 aliphatic heterocycles. The molecule has 1 aromatic heterocycles. The minimum atomic E-state index is 0. The summed E-state index contributed by atoms with van der Waals surface area (Å²) in [6, 6.07) is 0. The normalized spacial score (nSPS) is 9.10. The molecule has 58 valence electrons. The van der Waals surface area contributed by atoms with E-state index in [2.05, 4.69) is 30.3 Å². The molecule has 0 aliphatic rings. The second-order valence-corrected chi connectivity index (χ2v) is 2.26. The summed E-state index contributed by atoms with van der Waals surface area (Å²) in [6.07, 6.45) is 2.03. The molecule has 0 saturated heterocycles. The lowest BCUT2D eigenvalue weighted by Crippen LogP contribution is -3.00. The van der Waals surface area contributed by atoms with E-state index in [1.807, 2.05) is 6.20 Å². The zero-order valence-electron chi connectivity index (χ0n) is 6.61. The van der Waals surface area contributed by atoms with Crippen LogP contribution in [0.5, 0.6) is 0 Å². The van der Waals surface area contributed by atoms with Gasteiger partial charge in [0, 0.05) is 13.8 Å². The van der Waals surface area contributed by atoms with E-state index >= 15 is 0 Å². The van der Waals surface area contributed by atoms with Gasteiger partial charge in [0.05, 0.1) is 6.54 Å². The monoisotopic (exact) mass is 160 g/mol. The summed E-state index contributed by atoms with van der Waals surface area (Å²) in [4.78, 5) is 3.15. The number of nitrogens with one attached hydrogen (secondary N) is 1. The Balaban J connectivity index is 0.000000810. The zero-order chi connectivity index (χ0) is 6.85. The fraction of sp³-hybridized carbons (Fsp3) is 0.571. The van der Waals surface area contributed by atoms with Gasteiger partial charge in [0.1, 0.15) is 11.9 Å². The fourth-order valence-electron chi connectivity index (χ4n) is 1.12. The van der Waals surface area contributed by atoms with E-state index in [9.17, 15) is 0 Å². The summed E-state index contributed by atoms with van der Waals surface area (Å²) in [5.41, 5.74) is 1.30. The average Bonchev–Trinajstić information content (AvgIpc) is 2.12. The molecule has 0 spiro atoms. The van der Waals surface area contributed by atoms with Crippen molar-refractivity contribution in [3.63, 3.8) is 0 Å². The minimum absolute atomic E-state index is 0. The van der Waals surface area contributed by atoms with Crippen molar-refractivity contribution in [2.75, 3.05) is 0 Å². The molecule has 1 aromatic rings. The molecule has 0 aromatic carbocycles. The average molecular weight is 161 g/mol. The number of hydrogen-bond acceptors (Lipinski definition) is 0. The summed E-state index contributed by atoms with van der Waals surface area (Å²) in [5, 5.41) is 0. The number of hydrogen-bond donors (Lipinski definition) is 1. The number of nitrogens with zero attached hydrogens (tertiary/aromatic N) is 1. The Bertz CT molecular complexity index is 186. The maximum Gasteiger partial charge on any atom is 0.251 e. The summed E-state index contributed by atoms with van der Waals surface area (Å²) < 4.78 is 2.24. The lowest BCUT2D eigenvalue weighted by molar-refractivity contribution is -0.703. The standard InChI is InChI=1S/C7H12N2.ClH/c1-4-9-6(2)5-8-7(9)3;/h5H,4H2,1-3H3;1H. The minimum Gasteiger partial charge on any atom is -1.00 e. The van der Waals surface area contributed by atoms with E-state index in [0.29, 0.717) is 0 Å². The molecule has 0 amide bonds. The van der Waals surface area contributed by atoms with Gasteiger partial charge < -0.3 is 12.4 Å². The molecule has 0 saturated carbocycles. The third kappa shape index (κ3) is 1.51. The number of imidazole rings is 1. The van der Waals surface area contributed by atoms with Crippen LogP contribution in [-0.4, -0.2) is 4.98 Å². The number of aromatic nitrogens is 2. The molecule has 1 heterocycles. The summed E-state index contributed by atoms with van der Waals surface area (Å²) in [7, 11) is 0.